The topological polar surface area (TPSA) is 72.6 Å². The van der Waals surface area contributed by atoms with E-state index in [4.69, 9.17) is 10.5 Å². The van der Waals surface area contributed by atoms with E-state index in [2.05, 4.69) is 0 Å². The van der Waals surface area contributed by atoms with E-state index in [0.29, 0.717) is 18.8 Å². The minimum Gasteiger partial charge on any atom is -0.398 e. The Morgan fingerprint density at radius 2 is 2.15 bits per heavy atom. The van der Waals surface area contributed by atoms with Crippen molar-refractivity contribution < 1.29 is 13.2 Å². The number of fused-ring (bicyclic) bond motifs is 1. The van der Waals surface area contributed by atoms with Gasteiger partial charge < -0.3 is 10.5 Å². The molecule has 0 spiro atoms. The van der Waals surface area contributed by atoms with Crippen LogP contribution in [0.2, 0.25) is 0 Å². The molecule has 2 N–H and O–H groups in total. The molecule has 0 amide bonds. The normalized spacial score (nSPS) is 27.4. The summed E-state index contributed by atoms with van der Waals surface area (Å²) < 4.78 is 33.0. The molecule has 1 saturated heterocycles. The lowest BCUT2D eigenvalue weighted by Crippen LogP contribution is -2.51. The van der Waals surface area contributed by atoms with Crippen LogP contribution in [0.4, 0.5) is 5.69 Å². The number of hydrogen-bond acceptors (Lipinski definition) is 4. The smallest absolute Gasteiger partial charge is 0.245 e. The van der Waals surface area contributed by atoms with Crippen LogP contribution in [0.1, 0.15) is 24.8 Å². The molecule has 2 aliphatic rings. The van der Waals surface area contributed by atoms with E-state index in [1.807, 2.05) is 6.92 Å². The third kappa shape index (κ3) is 2.21. The van der Waals surface area contributed by atoms with Crippen LogP contribution in [-0.2, 0) is 14.8 Å². The van der Waals surface area contributed by atoms with Gasteiger partial charge in [0.05, 0.1) is 24.4 Å². The maximum atomic E-state index is 12.9. The molecule has 1 heterocycles. The minimum absolute atomic E-state index is 0.0329. The van der Waals surface area contributed by atoms with E-state index in [0.717, 1.165) is 24.8 Å². The van der Waals surface area contributed by atoms with E-state index in [-0.39, 0.29) is 17.0 Å². The molecule has 1 saturated carbocycles. The monoisotopic (exact) mass is 296 g/mol. The predicted molar refractivity (Wildman–Crippen MR) is 76.9 cm³/mol. The number of benzene rings is 1. The summed E-state index contributed by atoms with van der Waals surface area (Å²) in [5.41, 5.74) is 7.20. The fourth-order valence-corrected chi connectivity index (χ4v) is 4.98. The SMILES string of the molecule is Cc1ccc(S(=O)(=O)N2CCOC3CCCC32)c(N)c1. The predicted octanol–water partition coefficient (Wildman–Crippen LogP) is 1.52. The quantitative estimate of drug-likeness (QED) is 0.840. The summed E-state index contributed by atoms with van der Waals surface area (Å²) in [7, 11) is -3.54. The van der Waals surface area contributed by atoms with Gasteiger partial charge in [0.15, 0.2) is 0 Å². The lowest BCUT2D eigenvalue weighted by Gasteiger charge is -2.36. The lowest BCUT2D eigenvalue weighted by atomic mass is 10.2. The molecule has 2 atom stereocenters. The van der Waals surface area contributed by atoms with Gasteiger partial charge in [0.1, 0.15) is 4.90 Å². The summed E-state index contributed by atoms with van der Waals surface area (Å²) in [6, 6.07) is 5.07. The second-order valence-corrected chi connectivity index (χ2v) is 7.42. The number of nitrogens with two attached hydrogens (primary N) is 1. The van der Waals surface area contributed by atoms with Gasteiger partial charge in [-0.2, -0.15) is 4.31 Å². The number of nitrogens with zero attached hydrogens (tertiary/aromatic N) is 1. The molecule has 0 radical (unpaired) electrons. The van der Waals surface area contributed by atoms with E-state index in [1.165, 1.54) is 0 Å². The summed E-state index contributed by atoms with van der Waals surface area (Å²) in [6.45, 7) is 2.78. The lowest BCUT2D eigenvalue weighted by molar-refractivity contribution is -0.0241. The van der Waals surface area contributed by atoms with Crippen molar-refractivity contribution in [3.05, 3.63) is 23.8 Å². The highest BCUT2D eigenvalue weighted by Crippen LogP contribution is 2.34. The van der Waals surface area contributed by atoms with Gasteiger partial charge in [0.2, 0.25) is 10.0 Å². The molecule has 3 rings (SSSR count). The first-order valence-electron chi connectivity index (χ1n) is 7.00. The third-order valence-electron chi connectivity index (χ3n) is 4.18. The molecule has 1 aromatic rings. The number of hydrogen-bond donors (Lipinski definition) is 1. The fraction of sp³-hybridized carbons (Fsp3) is 0.571. The molecule has 2 unspecified atom stereocenters. The van der Waals surface area contributed by atoms with Gasteiger partial charge in [-0.25, -0.2) is 8.42 Å². The number of aryl methyl sites for hydroxylation is 1. The second kappa shape index (κ2) is 5.02. The molecule has 1 aliphatic heterocycles. The fourth-order valence-electron chi connectivity index (χ4n) is 3.22. The molecule has 110 valence electrons. The van der Waals surface area contributed by atoms with Gasteiger partial charge in [-0.05, 0) is 43.9 Å². The van der Waals surface area contributed by atoms with Gasteiger partial charge in [-0.15, -0.1) is 0 Å². The summed E-state index contributed by atoms with van der Waals surface area (Å²) in [5, 5.41) is 0. The van der Waals surface area contributed by atoms with Crippen LogP contribution in [0.3, 0.4) is 0 Å². The Kier molecular flexibility index (Phi) is 3.48. The van der Waals surface area contributed by atoms with E-state index in [1.54, 1.807) is 22.5 Å². The van der Waals surface area contributed by atoms with Crippen LogP contribution in [0.5, 0.6) is 0 Å². The number of anilines is 1. The van der Waals surface area contributed by atoms with Crippen LogP contribution < -0.4 is 5.73 Å². The maximum Gasteiger partial charge on any atom is 0.245 e. The first-order chi connectivity index (χ1) is 9.50. The number of nitrogen functional groups attached to an aromatic ring is 1. The van der Waals surface area contributed by atoms with Crippen LogP contribution in [0.15, 0.2) is 23.1 Å². The van der Waals surface area contributed by atoms with Crippen LogP contribution in [-0.4, -0.2) is 38.0 Å². The number of rotatable bonds is 2. The first-order valence-corrected chi connectivity index (χ1v) is 8.44. The Bertz CT molecular complexity index is 615. The highest BCUT2D eigenvalue weighted by atomic mass is 32.2. The average molecular weight is 296 g/mol. The highest BCUT2D eigenvalue weighted by Gasteiger charge is 2.42. The van der Waals surface area contributed by atoms with Crippen molar-refractivity contribution >= 4 is 15.7 Å². The molecule has 5 nitrogen and oxygen atoms in total. The Morgan fingerprint density at radius 3 is 2.90 bits per heavy atom. The first kappa shape index (κ1) is 13.9. The largest absolute Gasteiger partial charge is 0.398 e. The van der Waals surface area contributed by atoms with E-state index in [9.17, 15) is 8.42 Å². The third-order valence-corrected chi connectivity index (χ3v) is 6.18. The summed E-state index contributed by atoms with van der Waals surface area (Å²) in [5.74, 6) is 0. The van der Waals surface area contributed by atoms with Crippen LogP contribution in [0, 0.1) is 6.92 Å². The maximum absolute atomic E-state index is 12.9. The molecule has 6 heteroatoms. The van der Waals surface area contributed by atoms with Crippen molar-refractivity contribution in [3.8, 4) is 0 Å². The number of ether oxygens (including phenoxy) is 1. The summed E-state index contributed by atoms with van der Waals surface area (Å²) in [6.07, 6.45) is 2.88. The molecule has 2 fully saturated rings. The molecule has 20 heavy (non-hydrogen) atoms. The number of sulfonamides is 1. The van der Waals surface area contributed by atoms with Gasteiger partial charge in [0.25, 0.3) is 0 Å². The van der Waals surface area contributed by atoms with Crippen molar-refractivity contribution in [1.82, 2.24) is 4.31 Å². The van der Waals surface area contributed by atoms with Gasteiger partial charge in [-0.1, -0.05) is 6.07 Å². The van der Waals surface area contributed by atoms with Gasteiger partial charge in [-0.3, -0.25) is 0 Å². The Morgan fingerprint density at radius 1 is 1.35 bits per heavy atom. The van der Waals surface area contributed by atoms with Crippen molar-refractivity contribution in [2.45, 2.75) is 43.2 Å². The van der Waals surface area contributed by atoms with Crippen LogP contribution >= 0.6 is 0 Å². The van der Waals surface area contributed by atoms with Crippen molar-refractivity contribution in [2.75, 3.05) is 18.9 Å². The van der Waals surface area contributed by atoms with Gasteiger partial charge >= 0.3 is 0 Å². The van der Waals surface area contributed by atoms with E-state index < -0.39 is 10.0 Å². The van der Waals surface area contributed by atoms with Crippen molar-refractivity contribution in [2.24, 2.45) is 0 Å². The summed E-state index contributed by atoms with van der Waals surface area (Å²) in [4.78, 5) is 0.218. The second-order valence-electron chi connectivity index (χ2n) is 5.56. The Balaban J connectivity index is 1.98. The summed E-state index contributed by atoms with van der Waals surface area (Å²) >= 11 is 0. The standard InChI is InChI=1S/C14H20N2O3S/c1-10-5-6-14(11(15)9-10)20(17,18)16-7-8-19-13-4-2-3-12(13)16/h5-6,9,12-13H,2-4,7-8,15H2,1H3. The number of morpholine rings is 1. The Labute approximate surface area is 119 Å². The zero-order valence-electron chi connectivity index (χ0n) is 11.6. The highest BCUT2D eigenvalue weighted by molar-refractivity contribution is 7.89. The molecular formula is C14H20N2O3S. The van der Waals surface area contributed by atoms with Crippen LogP contribution in [0.25, 0.3) is 0 Å². The van der Waals surface area contributed by atoms with Crippen molar-refractivity contribution in [3.63, 3.8) is 0 Å². The zero-order chi connectivity index (χ0) is 14.3. The molecule has 1 aromatic carbocycles. The van der Waals surface area contributed by atoms with Crippen molar-refractivity contribution in [1.29, 1.82) is 0 Å². The molecular weight excluding hydrogens is 276 g/mol. The van der Waals surface area contributed by atoms with Gasteiger partial charge in [0, 0.05) is 6.54 Å². The average Bonchev–Trinajstić information content (AvgIpc) is 2.85. The minimum atomic E-state index is -3.54. The Hall–Kier alpha value is -1.11. The van der Waals surface area contributed by atoms with E-state index >= 15 is 0 Å². The molecule has 0 bridgehead atoms. The zero-order valence-corrected chi connectivity index (χ0v) is 12.4. The molecule has 0 aromatic heterocycles. The molecule has 1 aliphatic carbocycles.